The van der Waals surface area contributed by atoms with Crippen molar-refractivity contribution in [3.63, 3.8) is 0 Å². The summed E-state index contributed by atoms with van der Waals surface area (Å²) in [4.78, 5) is 36.1. The highest BCUT2D eigenvalue weighted by Gasteiger charge is 2.40. The lowest BCUT2D eigenvalue weighted by molar-refractivity contribution is -0.384. The molecule has 23 heavy (non-hydrogen) atoms. The average molecular weight is 338 g/mol. The lowest BCUT2D eigenvalue weighted by atomic mass is 10.2. The summed E-state index contributed by atoms with van der Waals surface area (Å²) in [6, 6.07) is 5.11. The fourth-order valence-electron chi connectivity index (χ4n) is 2.27. The van der Waals surface area contributed by atoms with Crippen LogP contribution in [0.15, 0.2) is 29.2 Å². The van der Waals surface area contributed by atoms with E-state index in [-0.39, 0.29) is 17.6 Å². The standard InChI is InChI=1S/C15H18N2O5S/c1-9(15(19)20)16(11-3-4-11)14(18)10(2)23-13-7-5-12(6-8-13)17(21)22/h5-11H,3-4H2,1-2H3,(H,19,20). The highest BCUT2D eigenvalue weighted by molar-refractivity contribution is 8.00. The lowest BCUT2D eigenvalue weighted by Crippen LogP contribution is -2.47. The first-order valence-corrected chi connectivity index (χ1v) is 8.15. The second-order valence-corrected chi connectivity index (χ2v) is 6.92. The number of aliphatic carboxylic acids is 1. The van der Waals surface area contributed by atoms with Crippen molar-refractivity contribution in [1.29, 1.82) is 0 Å². The SMILES string of the molecule is CC(Sc1ccc([N+](=O)[O-])cc1)C(=O)N(C1CC1)C(C)C(=O)O. The first-order chi connectivity index (χ1) is 10.8. The van der Waals surface area contributed by atoms with Crippen LogP contribution in [-0.4, -0.2) is 44.1 Å². The molecule has 0 spiro atoms. The first-order valence-electron chi connectivity index (χ1n) is 7.27. The summed E-state index contributed by atoms with van der Waals surface area (Å²) in [5.41, 5.74) is -0.00700. The van der Waals surface area contributed by atoms with Gasteiger partial charge in [-0.3, -0.25) is 14.9 Å². The third-order valence-electron chi connectivity index (χ3n) is 3.68. The van der Waals surface area contributed by atoms with Crippen LogP contribution in [-0.2, 0) is 9.59 Å². The second-order valence-electron chi connectivity index (χ2n) is 5.50. The maximum absolute atomic E-state index is 12.6. The van der Waals surface area contributed by atoms with E-state index in [1.54, 1.807) is 19.1 Å². The Balaban J connectivity index is 2.06. The number of nitro benzene ring substituents is 1. The van der Waals surface area contributed by atoms with Gasteiger partial charge in [0.05, 0.1) is 10.2 Å². The number of hydrogen-bond donors (Lipinski definition) is 1. The largest absolute Gasteiger partial charge is 0.480 e. The van der Waals surface area contributed by atoms with Crippen molar-refractivity contribution in [2.75, 3.05) is 0 Å². The molecule has 1 saturated carbocycles. The van der Waals surface area contributed by atoms with Gasteiger partial charge in [-0.15, -0.1) is 11.8 Å². The summed E-state index contributed by atoms with van der Waals surface area (Å²) < 4.78 is 0. The van der Waals surface area contributed by atoms with Gasteiger partial charge in [0.25, 0.3) is 5.69 Å². The monoisotopic (exact) mass is 338 g/mol. The fraction of sp³-hybridized carbons (Fsp3) is 0.467. The normalized spacial score (nSPS) is 16.4. The molecule has 1 N–H and O–H groups in total. The van der Waals surface area contributed by atoms with Gasteiger partial charge in [-0.25, -0.2) is 4.79 Å². The number of nitrogens with zero attached hydrogens (tertiary/aromatic N) is 2. The van der Waals surface area contributed by atoms with Gasteiger partial charge < -0.3 is 10.0 Å². The van der Waals surface area contributed by atoms with Gasteiger partial charge >= 0.3 is 5.97 Å². The number of hydrogen-bond acceptors (Lipinski definition) is 5. The number of carboxylic acids is 1. The van der Waals surface area contributed by atoms with E-state index in [0.717, 1.165) is 17.7 Å². The van der Waals surface area contributed by atoms with Gasteiger partial charge in [0.2, 0.25) is 5.91 Å². The zero-order chi connectivity index (χ0) is 17.1. The molecular weight excluding hydrogens is 320 g/mol. The van der Waals surface area contributed by atoms with Crippen molar-refractivity contribution < 1.29 is 19.6 Å². The molecule has 124 valence electrons. The fourth-order valence-corrected chi connectivity index (χ4v) is 3.19. The summed E-state index contributed by atoms with van der Waals surface area (Å²) in [5.74, 6) is -1.23. The number of non-ortho nitro benzene ring substituents is 1. The molecule has 1 aliphatic rings. The van der Waals surface area contributed by atoms with Gasteiger partial charge in [-0.1, -0.05) is 0 Å². The molecule has 1 fully saturated rings. The van der Waals surface area contributed by atoms with E-state index < -0.39 is 22.2 Å². The molecule has 1 aromatic rings. The summed E-state index contributed by atoms with van der Waals surface area (Å²) in [6.45, 7) is 3.24. The number of nitro groups is 1. The number of thioether (sulfide) groups is 1. The van der Waals surface area contributed by atoms with Crippen LogP contribution < -0.4 is 0 Å². The minimum absolute atomic E-state index is 0.00700. The molecule has 0 radical (unpaired) electrons. The predicted molar refractivity (Wildman–Crippen MR) is 85.4 cm³/mol. The molecule has 0 heterocycles. The molecule has 0 saturated heterocycles. The van der Waals surface area contributed by atoms with Gasteiger partial charge in [-0.05, 0) is 38.8 Å². The highest BCUT2D eigenvalue weighted by Crippen LogP contribution is 2.33. The first kappa shape index (κ1) is 17.3. The van der Waals surface area contributed by atoms with Crippen molar-refractivity contribution in [2.45, 2.75) is 48.9 Å². The van der Waals surface area contributed by atoms with Crippen LogP contribution in [0.1, 0.15) is 26.7 Å². The molecule has 8 heteroatoms. The zero-order valence-electron chi connectivity index (χ0n) is 12.8. The molecule has 0 aliphatic heterocycles. The van der Waals surface area contributed by atoms with Crippen molar-refractivity contribution in [1.82, 2.24) is 4.90 Å². The third kappa shape index (κ3) is 4.22. The molecular formula is C15H18N2O5S. The molecule has 7 nitrogen and oxygen atoms in total. The molecule has 2 rings (SSSR count). The summed E-state index contributed by atoms with van der Waals surface area (Å²) in [7, 11) is 0. The summed E-state index contributed by atoms with van der Waals surface area (Å²) >= 11 is 1.27. The van der Waals surface area contributed by atoms with Crippen molar-refractivity contribution in [3.05, 3.63) is 34.4 Å². The van der Waals surface area contributed by atoms with E-state index in [0.29, 0.717) is 0 Å². The van der Waals surface area contributed by atoms with Gasteiger partial charge in [0.1, 0.15) is 6.04 Å². The number of carbonyl (C=O) groups excluding carboxylic acids is 1. The zero-order valence-corrected chi connectivity index (χ0v) is 13.7. The quantitative estimate of drug-likeness (QED) is 0.466. The van der Waals surface area contributed by atoms with Crippen LogP contribution in [0.5, 0.6) is 0 Å². The Morgan fingerprint density at radius 2 is 1.87 bits per heavy atom. The van der Waals surface area contributed by atoms with Crippen LogP contribution in [0.3, 0.4) is 0 Å². The number of carboxylic acid groups (broad SMARTS) is 1. The van der Waals surface area contributed by atoms with Gasteiger partial charge in [0.15, 0.2) is 0 Å². The molecule has 0 aromatic heterocycles. The topological polar surface area (TPSA) is 101 Å². The molecule has 1 amide bonds. The van der Waals surface area contributed by atoms with E-state index in [9.17, 15) is 19.7 Å². The Morgan fingerprint density at radius 3 is 2.30 bits per heavy atom. The summed E-state index contributed by atoms with van der Waals surface area (Å²) in [6.07, 6.45) is 1.66. The highest BCUT2D eigenvalue weighted by atomic mass is 32.2. The molecule has 1 aliphatic carbocycles. The van der Waals surface area contributed by atoms with Crippen molar-refractivity contribution in [2.24, 2.45) is 0 Å². The van der Waals surface area contributed by atoms with Gasteiger partial charge in [0, 0.05) is 23.1 Å². The van der Waals surface area contributed by atoms with Crippen LogP contribution in [0.2, 0.25) is 0 Å². The smallest absolute Gasteiger partial charge is 0.326 e. The number of carbonyl (C=O) groups is 2. The van der Waals surface area contributed by atoms with Crippen LogP contribution in [0.25, 0.3) is 0 Å². The van der Waals surface area contributed by atoms with E-state index in [1.807, 2.05) is 0 Å². The third-order valence-corrected chi connectivity index (χ3v) is 4.78. The second kappa shape index (κ2) is 6.99. The Labute approximate surface area is 137 Å². The number of benzene rings is 1. The minimum atomic E-state index is -1.02. The maximum atomic E-state index is 12.6. The Bertz CT molecular complexity index is 615. The van der Waals surface area contributed by atoms with Gasteiger partial charge in [-0.2, -0.15) is 0 Å². The molecule has 1 aromatic carbocycles. The van der Waals surface area contributed by atoms with E-state index in [2.05, 4.69) is 0 Å². The maximum Gasteiger partial charge on any atom is 0.326 e. The number of rotatable bonds is 7. The lowest BCUT2D eigenvalue weighted by Gasteiger charge is -2.29. The molecule has 2 unspecified atom stereocenters. The minimum Gasteiger partial charge on any atom is -0.480 e. The Morgan fingerprint density at radius 1 is 1.30 bits per heavy atom. The van der Waals surface area contributed by atoms with E-state index in [4.69, 9.17) is 5.11 Å². The Hall–Kier alpha value is -2.09. The number of amides is 1. The van der Waals surface area contributed by atoms with E-state index in [1.165, 1.54) is 35.7 Å². The molecule has 0 bridgehead atoms. The van der Waals surface area contributed by atoms with Crippen molar-refractivity contribution >= 4 is 29.3 Å². The van der Waals surface area contributed by atoms with E-state index >= 15 is 0 Å². The molecule has 2 atom stereocenters. The summed E-state index contributed by atoms with van der Waals surface area (Å²) in [5, 5.41) is 19.3. The Kier molecular flexibility index (Phi) is 5.25. The van der Waals surface area contributed by atoms with Crippen LogP contribution in [0, 0.1) is 10.1 Å². The average Bonchev–Trinajstić information content (AvgIpc) is 3.32. The van der Waals surface area contributed by atoms with Crippen LogP contribution in [0.4, 0.5) is 5.69 Å². The predicted octanol–water partition coefficient (Wildman–Crippen LogP) is 2.54. The van der Waals surface area contributed by atoms with Crippen LogP contribution >= 0.6 is 11.8 Å². The van der Waals surface area contributed by atoms with Crippen molar-refractivity contribution in [3.8, 4) is 0 Å².